The smallest absolute Gasteiger partial charge is 0.343 e. The number of alkyl halides is 3. The molecule has 0 radical (unpaired) electrons. The van der Waals surface area contributed by atoms with E-state index in [2.05, 4.69) is 5.32 Å². The highest BCUT2D eigenvalue weighted by Gasteiger charge is 2.28. The van der Waals surface area contributed by atoms with Gasteiger partial charge in [0, 0.05) is 10.6 Å². The maximum atomic E-state index is 12.2. The first kappa shape index (κ1) is 17.8. The Morgan fingerprint density at radius 3 is 2.38 bits per heavy atom. The van der Waals surface area contributed by atoms with Crippen molar-refractivity contribution in [3.63, 3.8) is 0 Å². The van der Waals surface area contributed by atoms with Crippen molar-refractivity contribution in [1.82, 2.24) is 5.32 Å². The van der Waals surface area contributed by atoms with Gasteiger partial charge in [0.25, 0.3) is 11.8 Å². The van der Waals surface area contributed by atoms with Gasteiger partial charge in [-0.3, -0.25) is 9.59 Å². The molecule has 126 valence electrons. The van der Waals surface area contributed by atoms with Crippen LogP contribution in [0.3, 0.4) is 0 Å². The highest BCUT2D eigenvalue weighted by Crippen LogP contribution is 2.19. The predicted molar refractivity (Wildman–Crippen MR) is 84.2 cm³/mol. The van der Waals surface area contributed by atoms with E-state index in [1.165, 1.54) is 30.3 Å². The molecule has 0 heterocycles. The highest BCUT2D eigenvalue weighted by molar-refractivity contribution is 6.31. The van der Waals surface area contributed by atoms with Crippen LogP contribution in [0.5, 0.6) is 0 Å². The number of amides is 2. The zero-order valence-electron chi connectivity index (χ0n) is 12.2. The summed E-state index contributed by atoms with van der Waals surface area (Å²) in [6.07, 6.45) is -4.52. The van der Waals surface area contributed by atoms with Gasteiger partial charge in [0.15, 0.2) is 0 Å². The van der Waals surface area contributed by atoms with E-state index >= 15 is 0 Å². The van der Waals surface area contributed by atoms with Crippen LogP contribution in [0.2, 0.25) is 5.02 Å². The van der Waals surface area contributed by atoms with Crippen LogP contribution in [0.4, 0.5) is 18.9 Å². The molecule has 0 spiro atoms. The van der Waals surface area contributed by atoms with Crippen LogP contribution >= 0.6 is 11.6 Å². The average Bonchev–Trinajstić information content (AvgIpc) is 2.52. The van der Waals surface area contributed by atoms with Crippen molar-refractivity contribution in [3.05, 3.63) is 64.7 Å². The lowest BCUT2D eigenvalue weighted by atomic mass is 10.1. The third kappa shape index (κ3) is 4.99. The molecular formula is C16H12ClF3N2O2. The summed E-state index contributed by atoms with van der Waals surface area (Å²) in [5.74, 6) is -1.47. The van der Waals surface area contributed by atoms with Gasteiger partial charge in [-0.2, -0.15) is 13.2 Å². The maximum Gasteiger partial charge on any atom is 0.405 e. The van der Waals surface area contributed by atoms with E-state index in [1.807, 2.05) is 0 Å². The molecule has 24 heavy (non-hydrogen) atoms. The topological polar surface area (TPSA) is 58.2 Å². The second-order valence-electron chi connectivity index (χ2n) is 4.81. The Kier molecular flexibility index (Phi) is 5.46. The summed E-state index contributed by atoms with van der Waals surface area (Å²) in [5, 5.41) is 4.62. The number of hydrogen-bond donors (Lipinski definition) is 2. The first-order valence-electron chi connectivity index (χ1n) is 6.77. The van der Waals surface area contributed by atoms with Crippen molar-refractivity contribution in [2.45, 2.75) is 6.18 Å². The molecule has 2 aromatic carbocycles. The SMILES string of the molecule is O=C(Nc1ccccc1C(=O)NCC(F)(F)F)c1cccc(Cl)c1. The van der Waals surface area contributed by atoms with Crippen molar-refractivity contribution in [3.8, 4) is 0 Å². The fourth-order valence-corrected chi connectivity index (χ4v) is 2.08. The molecule has 2 aromatic rings. The van der Waals surface area contributed by atoms with Crippen LogP contribution < -0.4 is 10.6 Å². The van der Waals surface area contributed by atoms with Crippen LogP contribution in [0.15, 0.2) is 48.5 Å². The molecule has 2 amide bonds. The fourth-order valence-electron chi connectivity index (χ4n) is 1.89. The molecule has 0 saturated carbocycles. The van der Waals surface area contributed by atoms with Gasteiger partial charge in [-0.15, -0.1) is 0 Å². The molecular weight excluding hydrogens is 345 g/mol. The summed E-state index contributed by atoms with van der Waals surface area (Å²) in [7, 11) is 0. The second-order valence-corrected chi connectivity index (χ2v) is 5.24. The minimum atomic E-state index is -4.52. The van der Waals surface area contributed by atoms with Gasteiger partial charge in [-0.1, -0.05) is 29.8 Å². The van der Waals surface area contributed by atoms with E-state index in [9.17, 15) is 22.8 Å². The fraction of sp³-hybridized carbons (Fsp3) is 0.125. The average molecular weight is 357 g/mol. The van der Waals surface area contributed by atoms with Gasteiger partial charge in [0.05, 0.1) is 11.3 Å². The van der Waals surface area contributed by atoms with E-state index < -0.39 is 24.5 Å². The van der Waals surface area contributed by atoms with Crippen molar-refractivity contribution < 1.29 is 22.8 Å². The summed E-state index contributed by atoms with van der Waals surface area (Å²) < 4.78 is 36.6. The van der Waals surface area contributed by atoms with Crippen molar-refractivity contribution in [2.24, 2.45) is 0 Å². The number of anilines is 1. The van der Waals surface area contributed by atoms with Gasteiger partial charge in [-0.05, 0) is 30.3 Å². The number of nitrogens with one attached hydrogen (secondary N) is 2. The van der Waals surface area contributed by atoms with E-state index in [0.29, 0.717) is 5.02 Å². The Morgan fingerprint density at radius 2 is 1.71 bits per heavy atom. The maximum absolute atomic E-state index is 12.2. The van der Waals surface area contributed by atoms with Gasteiger partial charge < -0.3 is 10.6 Å². The first-order chi connectivity index (χ1) is 11.3. The molecule has 0 bridgehead atoms. The molecule has 0 fully saturated rings. The Balaban J connectivity index is 2.16. The molecule has 0 aliphatic carbocycles. The summed E-state index contributed by atoms with van der Waals surface area (Å²) in [5.41, 5.74) is 0.285. The number of halogens is 4. The quantitative estimate of drug-likeness (QED) is 0.873. The zero-order valence-corrected chi connectivity index (χ0v) is 12.9. The summed E-state index contributed by atoms with van der Waals surface area (Å²) in [6.45, 7) is -1.46. The van der Waals surface area contributed by atoms with Crippen molar-refractivity contribution in [1.29, 1.82) is 0 Å². The lowest BCUT2D eigenvalue weighted by Gasteiger charge is -2.12. The Hall–Kier alpha value is -2.54. The van der Waals surface area contributed by atoms with Crippen LogP contribution in [-0.2, 0) is 0 Å². The van der Waals surface area contributed by atoms with Gasteiger partial charge >= 0.3 is 6.18 Å². The lowest BCUT2D eigenvalue weighted by molar-refractivity contribution is -0.123. The van der Waals surface area contributed by atoms with E-state index in [4.69, 9.17) is 11.6 Å². The number of para-hydroxylation sites is 1. The Labute approximate surface area is 140 Å². The zero-order chi connectivity index (χ0) is 17.7. The molecule has 8 heteroatoms. The Morgan fingerprint density at radius 1 is 1.00 bits per heavy atom. The minimum absolute atomic E-state index is 0.0721. The third-order valence-corrected chi connectivity index (χ3v) is 3.19. The molecule has 2 rings (SSSR count). The molecule has 0 aliphatic heterocycles. The summed E-state index contributed by atoms with van der Waals surface area (Å²) >= 11 is 5.81. The first-order valence-corrected chi connectivity index (χ1v) is 7.15. The standard InChI is InChI=1S/C16H12ClF3N2O2/c17-11-5-3-4-10(8-11)14(23)22-13-7-2-1-6-12(13)15(24)21-9-16(18,19)20/h1-8H,9H2,(H,21,24)(H,22,23). The van der Waals surface area contributed by atoms with Crippen LogP contribution in [0.1, 0.15) is 20.7 Å². The van der Waals surface area contributed by atoms with Crippen LogP contribution in [-0.4, -0.2) is 24.5 Å². The van der Waals surface area contributed by atoms with Crippen LogP contribution in [0.25, 0.3) is 0 Å². The monoisotopic (exact) mass is 356 g/mol. The molecule has 2 N–H and O–H groups in total. The molecule has 0 saturated heterocycles. The van der Waals surface area contributed by atoms with Crippen molar-refractivity contribution >= 4 is 29.1 Å². The third-order valence-electron chi connectivity index (χ3n) is 2.96. The highest BCUT2D eigenvalue weighted by atomic mass is 35.5. The number of hydrogen-bond acceptors (Lipinski definition) is 2. The second kappa shape index (κ2) is 7.35. The van der Waals surface area contributed by atoms with E-state index in [0.717, 1.165) is 0 Å². The largest absolute Gasteiger partial charge is 0.405 e. The Bertz CT molecular complexity index is 763. The predicted octanol–water partition coefficient (Wildman–Crippen LogP) is 3.88. The van der Waals surface area contributed by atoms with E-state index in [1.54, 1.807) is 23.5 Å². The number of carbonyl (C=O) groups is 2. The molecule has 4 nitrogen and oxygen atoms in total. The van der Waals surface area contributed by atoms with Crippen LogP contribution in [0, 0.1) is 0 Å². The molecule has 0 atom stereocenters. The van der Waals surface area contributed by atoms with Gasteiger partial charge in [0.1, 0.15) is 6.54 Å². The minimum Gasteiger partial charge on any atom is -0.343 e. The van der Waals surface area contributed by atoms with Crippen molar-refractivity contribution in [2.75, 3.05) is 11.9 Å². The number of rotatable bonds is 4. The molecule has 0 aliphatic rings. The lowest BCUT2D eigenvalue weighted by Crippen LogP contribution is -2.34. The molecule has 0 unspecified atom stereocenters. The molecule has 0 aromatic heterocycles. The summed E-state index contributed by atoms with van der Waals surface area (Å²) in [4.78, 5) is 24.1. The normalized spacial score (nSPS) is 11.0. The summed E-state index contributed by atoms with van der Waals surface area (Å²) in [6, 6.07) is 11.9. The van der Waals surface area contributed by atoms with Gasteiger partial charge in [0.2, 0.25) is 0 Å². The van der Waals surface area contributed by atoms with Gasteiger partial charge in [-0.25, -0.2) is 0 Å². The van der Waals surface area contributed by atoms with E-state index in [-0.39, 0.29) is 16.8 Å². The number of benzene rings is 2. The number of carbonyl (C=O) groups excluding carboxylic acids is 2.